The van der Waals surface area contributed by atoms with Crippen molar-refractivity contribution in [2.45, 2.75) is 32.2 Å². The fourth-order valence-electron chi connectivity index (χ4n) is 5.64. The molecular weight excluding hydrogens is 551 g/mol. The lowest BCUT2D eigenvalue weighted by Crippen LogP contribution is -2.42. The molecule has 0 aliphatic carbocycles. The SMILES string of the molecule is CCn1cc(C(=O)Nc2ccc(-c3cc(C4CCN(C)CC4)n4ncnc(N)c34)cc2)c(=O)n(-c2ccc(F)cc2)c1=O. The van der Waals surface area contributed by atoms with Crippen LogP contribution in [-0.2, 0) is 6.54 Å². The molecule has 2 aromatic carbocycles. The Labute approximate surface area is 246 Å². The van der Waals surface area contributed by atoms with E-state index in [-0.39, 0.29) is 17.8 Å². The largest absolute Gasteiger partial charge is 0.382 e. The number of piperidine rings is 1. The topological polar surface area (TPSA) is 133 Å². The molecule has 3 aromatic heterocycles. The Balaban J connectivity index is 1.31. The molecule has 1 fully saturated rings. The van der Waals surface area contributed by atoms with Crippen LogP contribution < -0.4 is 22.3 Å². The zero-order valence-electron chi connectivity index (χ0n) is 23.8. The number of aromatic nitrogens is 5. The maximum absolute atomic E-state index is 13.5. The summed E-state index contributed by atoms with van der Waals surface area (Å²) in [5.41, 5.74) is 8.88. The molecule has 0 atom stereocenters. The molecule has 43 heavy (non-hydrogen) atoms. The van der Waals surface area contributed by atoms with E-state index in [9.17, 15) is 18.8 Å². The van der Waals surface area contributed by atoms with Crippen molar-refractivity contribution in [3.8, 4) is 16.8 Å². The Kier molecular flexibility index (Phi) is 7.36. The number of aryl methyl sites for hydroxylation is 1. The van der Waals surface area contributed by atoms with Crippen LogP contribution in [0.4, 0.5) is 15.9 Å². The summed E-state index contributed by atoms with van der Waals surface area (Å²) in [7, 11) is 2.12. The summed E-state index contributed by atoms with van der Waals surface area (Å²) in [4.78, 5) is 46.0. The second kappa shape index (κ2) is 11.3. The third kappa shape index (κ3) is 5.21. The number of rotatable bonds is 6. The van der Waals surface area contributed by atoms with E-state index >= 15 is 0 Å². The van der Waals surface area contributed by atoms with Crippen LogP contribution in [0.2, 0.25) is 0 Å². The van der Waals surface area contributed by atoms with Crippen LogP contribution in [0.15, 0.2) is 76.7 Å². The summed E-state index contributed by atoms with van der Waals surface area (Å²) < 4.78 is 17.5. The monoisotopic (exact) mass is 582 g/mol. The molecule has 1 aliphatic rings. The van der Waals surface area contributed by atoms with Gasteiger partial charge < -0.3 is 16.0 Å². The number of fused-ring (bicyclic) bond motifs is 1. The minimum atomic E-state index is -0.799. The zero-order valence-corrected chi connectivity index (χ0v) is 23.8. The van der Waals surface area contributed by atoms with Crippen molar-refractivity contribution in [3.63, 3.8) is 0 Å². The molecule has 1 aliphatic heterocycles. The van der Waals surface area contributed by atoms with Crippen LogP contribution in [0.25, 0.3) is 22.3 Å². The van der Waals surface area contributed by atoms with E-state index in [4.69, 9.17) is 5.73 Å². The van der Waals surface area contributed by atoms with Gasteiger partial charge >= 0.3 is 5.69 Å². The van der Waals surface area contributed by atoms with Crippen LogP contribution >= 0.6 is 0 Å². The maximum atomic E-state index is 13.5. The zero-order chi connectivity index (χ0) is 30.2. The molecule has 0 spiro atoms. The van der Waals surface area contributed by atoms with Crippen molar-refractivity contribution in [1.29, 1.82) is 0 Å². The highest BCUT2D eigenvalue weighted by atomic mass is 19.1. The molecule has 5 aromatic rings. The van der Waals surface area contributed by atoms with Crippen LogP contribution in [0, 0.1) is 5.82 Å². The van der Waals surface area contributed by atoms with Crippen LogP contribution in [0.5, 0.6) is 0 Å². The van der Waals surface area contributed by atoms with E-state index in [0.717, 1.165) is 65.0 Å². The first-order valence-corrected chi connectivity index (χ1v) is 14.1. The number of nitrogens with two attached hydrogens (primary N) is 1. The number of anilines is 2. The molecule has 3 N–H and O–H groups in total. The molecule has 0 radical (unpaired) electrons. The molecular formula is C31H31FN8O3. The van der Waals surface area contributed by atoms with Crippen molar-refractivity contribution in [1.82, 2.24) is 28.6 Å². The van der Waals surface area contributed by atoms with Gasteiger partial charge in [-0.2, -0.15) is 5.10 Å². The molecule has 0 bridgehead atoms. The molecule has 4 heterocycles. The molecule has 1 amide bonds. The second-order valence-corrected chi connectivity index (χ2v) is 10.7. The van der Waals surface area contributed by atoms with Gasteiger partial charge in [-0.15, -0.1) is 0 Å². The standard InChI is InChI=1S/C31H31FN8O3/c1-3-38-17-25(30(42)39(31(38)43)23-10-6-21(32)7-11-23)29(41)36-22-8-4-19(5-9-22)24-16-26(20-12-14-37(2)15-13-20)40-27(24)28(33)34-18-35-40/h4-11,16-18,20H,3,12-15H2,1-2H3,(H,36,41)(H2,33,34,35). The van der Waals surface area contributed by atoms with Crippen molar-refractivity contribution in [2.75, 3.05) is 31.2 Å². The third-order valence-electron chi connectivity index (χ3n) is 8.03. The minimum Gasteiger partial charge on any atom is -0.382 e. The fourth-order valence-corrected chi connectivity index (χ4v) is 5.64. The number of hydrogen-bond acceptors (Lipinski definition) is 7. The first-order chi connectivity index (χ1) is 20.7. The number of carbonyl (C=O) groups is 1. The third-order valence-corrected chi connectivity index (χ3v) is 8.03. The smallest absolute Gasteiger partial charge is 0.335 e. The summed E-state index contributed by atoms with van der Waals surface area (Å²) in [5, 5.41) is 7.27. The van der Waals surface area contributed by atoms with Crippen LogP contribution in [0.1, 0.15) is 41.7 Å². The number of likely N-dealkylation sites (tertiary alicyclic amines) is 1. The van der Waals surface area contributed by atoms with Crippen LogP contribution in [0.3, 0.4) is 0 Å². The van der Waals surface area contributed by atoms with Gasteiger partial charge in [0, 0.05) is 35.6 Å². The quantitative estimate of drug-likeness (QED) is 0.313. The Morgan fingerprint density at radius 3 is 2.44 bits per heavy atom. The molecule has 1 saturated heterocycles. The summed E-state index contributed by atoms with van der Waals surface area (Å²) in [6.07, 6.45) is 4.75. The van der Waals surface area contributed by atoms with Crippen LogP contribution in [-0.4, -0.2) is 54.7 Å². The lowest BCUT2D eigenvalue weighted by atomic mass is 9.93. The molecule has 0 saturated carbocycles. The number of amides is 1. The van der Waals surface area contributed by atoms with Gasteiger partial charge in [0.25, 0.3) is 11.5 Å². The number of nitrogen functional groups attached to an aromatic ring is 1. The van der Waals surface area contributed by atoms with Gasteiger partial charge in [-0.3, -0.25) is 14.2 Å². The maximum Gasteiger partial charge on any atom is 0.335 e. The van der Waals surface area contributed by atoms with Gasteiger partial charge in [0.1, 0.15) is 23.2 Å². The Morgan fingerprint density at radius 2 is 1.77 bits per heavy atom. The van der Waals surface area contributed by atoms with Gasteiger partial charge in [0.15, 0.2) is 5.82 Å². The number of nitrogens with zero attached hydrogens (tertiary/aromatic N) is 6. The number of nitrogens with one attached hydrogen (secondary N) is 1. The van der Waals surface area contributed by atoms with Gasteiger partial charge in [0.05, 0.1) is 5.69 Å². The van der Waals surface area contributed by atoms with Crippen molar-refractivity contribution in [3.05, 3.63) is 105 Å². The first-order valence-electron chi connectivity index (χ1n) is 14.1. The van der Waals surface area contributed by atoms with Gasteiger partial charge in [-0.1, -0.05) is 12.1 Å². The highest BCUT2D eigenvalue weighted by Crippen LogP contribution is 2.36. The predicted molar refractivity (Wildman–Crippen MR) is 162 cm³/mol. The van der Waals surface area contributed by atoms with E-state index in [1.807, 2.05) is 16.6 Å². The van der Waals surface area contributed by atoms with E-state index in [1.165, 1.54) is 29.2 Å². The van der Waals surface area contributed by atoms with Crippen molar-refractivity contribution < 1.29 is 9.18 Å². The Morgan fingerprint density at radius 1 is 1.07 bits per heavy atom. The Hall–Kier alpha value is -5.10. The summed E-state index contributed by atoms with van der Waals surface area (Å²) in [6.45, 7) is 3.97. The first kappa shape index (κ1) is 28.0. The minimum absolute atomic E-state index is 0.167. The number of benzene rings is 2. The predicted octanol–water partition coefficient (Wildman–Crippen LogP) is 3.51. The summed E-state index contributed by atoms with van der Waals surface area (Å²) in [6, 6.07) is 14.3. The van der Waals surface area contributed by atoms with E-state index < -0.39 is 23.0 Å². The highest BCUT2D eigenvalue weighted by molar-refractivity contribution is 6.04. The van der Waals surface area contributed by atoms with Gasteiger partial charge in [-0.25, -0.2) is 23.3 Å². The van der Waals surface area contributed by atoms with Gasteiger partial charge in [-0.05, 0) is 87.9 Å². The normalized spacial score (nSPS) is 14.3. The number of carbonyl (C=O) groups excluding carboxylic acids is 1. The molecule has 220 valence electrons. The lowest BCUT2D eigenvalue weighted by Gasteiger charge is -2.28. The van der Waals surface area contributed by atoms with E-state index in [1.54, 1.807) is 19.1 Å². The van der Waals surface area contributed by atoms with Gasteiger partial charge in [0.2, 0.25) is 0 Å². The lowest BCUT2D eigenvalue weighted by molar-refractivity contribution is 0.102. The number of halogens is 1. The Bertz CT molecular complexity index is 1940. The fraction of sp³-hybridized carbons (Fsp3) is 0.258. The summed E-state index contributed by atoms with van der Waals surface area (Å²) in [5.74, 6) is -0.459. The average Bonchev–Trinajstić information content (AvgIpc) is 3.40. The average molecular weight is 583 g/mol. The van der Waals surface area contributed by atoms with Crippen molar-refractivity contribution >= 4 is 22.9 Å². The summed E-state index contributed by atoms with van der Waals surface area (Å²) >= 11 is 0. The molecule has 12 heteroatoms. The second-order valence-electron chi connectivity index (χ2n) is 10.7. The molecule has 0 unspecified atom stereocenters. The van der Waals surface area contributed by atoms with E-state index in [0.29, 0.717) is 17.4 Å². The van der Waals surface area contributed by atoms with E-state index in [2.05, 4.69) is 33.4 Å². The molecule has 6 rings (SSSR count). The number of hydrogen-bond donors (Lipinski definition) is 2. The molecule has 11 nitrogen and oxygen atoms in total. The highest BCUT2D eigenvalue weighted by Gasteiger charge is 2.25. The van der Waals surface area contributed by atoms with Crippen molar-refractivity contribution in [2.24, 2.45) is 0 Å².